The molecule has 0 radical (unpaired) electrons. The molecular weight excluding hydrogens is 422 g/mol. The number of nitrogens with zero attached hydrogens (tertiary/aromatic N) is 1. The Bertz CT molecular complexity index is 978. The van der Waals surface area contributed by atoms with E-state index in [0.29, 0.717) is 19.7 Å². The van der Waals surface area contributed by atoms with Crippen molar-refractivity contribution in [3.05, 3.63) is 70.8 Å². The Morgan fingerprint density at radius 1 is 1.12 bits per heavy atom. The number of allylic oxidation sites excluding steroid dienone is 1. The number of fused-ring (bicyclic) bond motifs is 1. The normalized spacial score (nSPS) is 16.7. The van der Waals surface area contributed by atoms with Crippen LogP contribution in [0.5, 0.6) is 5.75 Å². The summed E-state index contributed by atoms with van der Waals surface area (Å²) in [6, 6.07) is 17.1. The van der Waals surface area contributed by atoms with Gasteiger partial charge in [0, 0.05) is 25.0 Å². The summed E-state index contributed by atoms with van der Waals surface area (Å²) in [5.74, 6) is 0.0845. The zero-order valence-electron chi connectivity index (χ0n) is 19.3. The average Bonchev–Trinajstić information content (AvgIpc) is 2.70. The van der Waals surface area contributed by atoms with Gasteiger partial charge in [0.25, 0.3) is 0 Å². The summed E-state index contributed by atoms with van der Waals surface area (Å²) < 4.78 is 6.22. The number of aryl methyl sites for hydroxylation is 1. The zero-order valence-corrected chi connectivity index (χ0v) is 20.1. The maximum absolute atomic E-state index is 11.0. The smallest absolute Gasteiger partial charge is 0.309 e. The Labute approximate surface area is 197 Å². The first-order valence-electron chi connectivity index (χ1n) is 11.2. The summed E-state index contributed by atoms with van der Waals surface area (Å²) in [5, 5.41) is 9.08. The summed E-state index contributed by atoms with van der Waals surface area (Å²) in [7, 11) is 0. The minimum atomic E-state index is -0.671. The van der Waals surface area contributed by atoms with E-state index >= 15 is 0 Å². The molecule has 4 rings (SSSR count). The molecule has 5 heteroatoms. The van der Waals surface area contributed by atoms with Crippen LogP contribution in [0.3, 0.4) is 0 Å². The van der Waals surface area contributed by atoms with Gasteiger partial charge in [-0.1, -0.05) is 55.8 Å². The predicted octanol–water partition coefficient (Wildman–Crippen LogP) is 5.49. The van der Waals surface area contributed by atoms with Crippen molar-refractivity contribution >= 4 is 23.9 Å². The largest absolute Gasteiger partial charge is 0.493 e. The minimum absolute atomic E-state index is 0. The predicted molar refractivity (Wildman–Crippen MR) is 132 cm³/mol. The van der Waals surface area contributed by atoms with Gasteiger partial charge in [-0.05, 0) is 60.6 Å². The van der Waals surface area contributed by atoms with Gasteiger partial charge >= 0.3 is 5.97 Å². The first-order chi connectivity index (χ1) is 14.8. The molecular formula is C27H34ClNO3. The van der Waals surface area contributed by atoms with Gasteiger partial charge in [-0.2, -0.15) is 0 Å². The van der Waals surface area contributed by atoms with E-state index in [-0.39, 0.29) is 23.7 Å². The lowest BCUT2D eigenvalue weighted by atomic mass is 9.85. The second kappa shape index (κ2) is 10.1. The van der Waals surface area contributed by atoms with Crippen LogP contribution in [0.25, 0.3) is 5.57 Å². The highest BCUT2D eigenvalue weighted by Gasteiger charge is 2.33. The van der Waals surface area contributed by atoms with Crippen LogP contribution in [0.1, 0.15) is 43.9 Å². The zero-order chi connectivity index (χ0) is 22.0. The molecule has 0 aromatic heterocycles. The number of halogens is 1. The molecule has 2 aliphatic rings. The third-order valence-electron chi connectivity index (χ3n) is 6.58. The molecule has 172 valence electrons. The van der Waals surface area contributed by atoms with Gasteiger partial charge in [0.2, 0.25) is 0 Å². The Hall–Kier alpha value is -2.30. The molecule has 0 bridgehead atoms. The standard InChI is InChI=1S/C27H33NO3.ClH/c1-19-22(15-28-16-23(17-28)26(29)30)10-9-21-13-24(11-12-25(19)21)31-18-27(2,3)14-20-7-5-4-6-8-20;/h4-8,11-13,23H,9-10,14-18H2,1-3H3,(H,29,30);1H. The van der Waals surface area contributed by atoms with Crippen molar-refractivity contribution in [1.82, 2.24) is 4.90 Å². The molecule has 2 aromatic carbocycles. The molecule has 32 heavy (non-hydrogen) atoms. The number of hydrogen-bond acceptors (Lipinski definition) is 3. The van der Waals surface area contributed by atoms with Crippen molar-refractivity contribution in [2.45, 2.75) is 40.0 Å². The van der Waals surface area contributed by atoms with E-state index < -0.39 is 5.97 Å². The van der Waals surface area contributed by atoms with E-state index in [2.05, 4.69) is 74.2 Å². The van der Waals surface area contributed by atoms with Gasteiger partial charge in [-0.15, -0.1) is 12.4 Å². The Morgan fingerprint density at radius 3 is 2.53 bits per heavy atom. The number of carbonyl (C=O) groups is 1. The van der Waals surface area contributed by atoms with Crippen molar-refractivity contribution in [3.8, 4) is 5.75 Å². The highest BCUT2D eigenvalue weighted by Crippen LogP contribution is 2.35. The van der Waals surface area contributed by atoms with Crippen LogP contribution >= 0.6 is 12.4 Å². The van der Waals surface area contributed by atoms with Crippen LogP contribution in [0.2, 0.25) is 0 Å². The van der Waals surface area contributed by atoms with Gasteiger partial charge in [-0.3, -0.25) is 9.69 Å². The monoisotopic (exact) mass is 455 g/mol. The molecule has 4 nitrogen and oxygen atoms in total. The molecule has 1 aliphatic heterocycles. The molecule has 0 spiro atoms. The van der Waals surface area contributed by atoms with Crippen LogP contribution in [0.15, 0.2) is 54.1 Å². The Kier molecular flexibility index (Phi) is 7.68. The van der Waals surface area contributed by atoms with Gasteiger partial charge in [0.05, 0.1) is 12.5 Å². The van der Waals surface area contributed by atoms with Crippen LogP contribution < -0.4 is 4.74 Å². The molecule has 2 aromatic rings. The van der Waals surface area contributed by atoms with Crippen molar-refractivity contribution in [2.75, 3.05) is 26.2 Å². The molecule has 0 unspecified atom stereocenters. The molecule has 0 amide bonds. The maximum Gasteiger partial charge on any atom is 0.309 e. The number of aliphatic carboxylic acids is 1. The number of likely N-dealkylation sites (tertiary alicyclic amines) is 1. The lowest BCUT2D eigenvalue weighted by Crippen LogP contribution is -2.50. The molecule has 0 saturated carbocycles. The fourth-order valence-corrected chi connectivity index (χ4v) is 4.70. The number of hydrogen-bond donors (Lipinski definition) is 1. The molecule has 1 heterocycles. The third kappa shape index (κ3) is 5.73. The van der Waals surface area contributed by atoms with Crippen LogP contribution in [-0.4, -0.2) is 42.2 Å². The molecule has 1 N–H and O–H groups in total. The van der Waals surface area contributed by atoms with E-state index in [0.717, 1.165) is 31.6 Å². The quantitative estimate of drug-likeness (QED) is 0.571. The van der Waals surface area contributed by atoms with Crippen LogP contribution in [0, 0.1) is 11.3 Å². The van der Waals surface area contributed by atoms with Crippen molar-refractivity contribution < 1.29 is 14.6 Å². The number of carboxylic acid groups (broad SMARTS) is 1. The van der Waals surface area contributed by atoms with Gasteiger partial charge in [0.15, 0.2) is 0 Å². The van der Waals surface area contributed by atoms with E-state index in [9.17, 15) is 4.79 Å². The number of benzene rings is 2. The Morgan fingerprint density at radius 2 is 1.84 bits per heavy atom. The van der Waals surface area contributed by atoms with E-state index in [1.807, 2.05) is 0 Å². The highest BCUT2D eigenvalue weighted by atomic mass is 35.5. The fraction of sp³-hybridized carbons (Fsp3) is 0.444. The van der Waals surface area contributed by atoms with E-state index in [1.165, 1.54) is 27.8 Å². The topological polar surface area (TPSA) is 49.8 Å². The van der Waals surface area contributed by atoms with Crippen LogP contribution in [-0.2, 0) is 17.6 Å². The summed E-state index contributed by atoms with van der Waals surface area (Å²) in [6.07, 6.45) is 3.04. The highest BCUT2D eigenvalue weighted by molar-refractivity contribution is 5.85. The minimum Gasteiger partial charge on any atom is -0.493 e. The van der Waals surface area contributed by atoms with E-state index in [1.54, 1.807) is 0 Å². The van der Waals surface area contributed by atoms with Crippen molar-refractivity contribution in [1.29, 1.82) is 0 Å². The molecule has 0 atom stereocenters. The van der Waals surface area contributed by atoms with Crippen molar-refractivity contribution in [2.24, 2.45) is 11.3 Å². The maximum atomic E-state index is 11.0. The lowest BCUT2D eigenvalue weighted by Gasteiger charge is -2.38. The average molecular weight is 456 g/mol. The van der Waals surface area contributed by atoms with Gasteiger partial charge < -0.3 is 9.84 Å². The molecule has 1 saturated heterocycles. The SMILES string of the molecule is CC1=C(CN2CC(C(=O)O)C2)CCc2cc(OCC(C)(C)Cc3ccccc3)ccc21.Cl. The Balaban J connectivity index is 0.00000289. The second-order valence-corrected chi connectivity index (χ2v) is 9.89. The summed E-state index contributed by atoms with van der Waals surface area (Å²) in [4.78, 5) is 13.3. The number of carboxylic acids is 1. The number of ether oxygens (including phenoxy) is 1. The molecule has 1 fully saturated rings. The fourth-order valence-electron chi connectivity index (χ4n) is 4.70. The van der Waals surface area contributed by atoms with Crippen LogP contribution in [0.4, 0.5) is 0 Å². The van der Waals surface area contributed by atoms with Gasteiger partial charge in [-0.25, -0.2) is 0 Å². The molecule has 1 aliphatic carbocycles. The van der Waals surface area contributed by atoms with Crippen molar-refractivity contribution in [3.63, 3.8) is 0 Å². The number of rotatable bonds is 8. The third-order valence-corrected chi connectivity index (χ3v) is 6.58. The second-order valence-electron chi connectivity index (χ2n) is 9.89. The van der Waals surface area contributed by atoms with E-state index in [4.69, 9.17) is 9.84 Å². The first-order valence-corrected chi connectivity index (χ1v) is 11.2. The van der Waals surface area contributed by atoms with Gasteiger partial charge in [0.1, 0.15) is 5.75 Å². The summed E-state index contributed by atoms with van der Waals surface area (Å²) >= 11 is 0. The summed E-state index contributed by atoms with van der Waals surface area (Å²) in [6.45, 7) is 9.62. The first kappa shape index (κ1) is 24.3. The summed E-state index contributed by atoms with van der Waals surface area (Å²) in [5.41, 5.74) is 6.85. The lowest BCUT2D eigenvalue weighted by molar-refractivity contribution is -0.147.